The van der Waals surface area contributed by atoms with Crippen LogP contribution < -0.4 is 0 Å². The monoisotopic (exact) mass is 402 g/mol. The third-order valence-corrected chi connectivity index (χ3v) is 5.21. The molecule has 0 saturated carbocycles. The zero-order valence-corrected chi connectivity index (χ0v) is 16.9. The summed E-state index contributed by atoms with van der Waals surface area (Å²) < 4.78 is 0. The summed E-state index contributed by atoms with van der Waals surface area (Å²) in [6.07, 6.45) is 6.62. The van der Waals surface area contributed by atoms with Crippen LogP contribution in [0.4, 0.5) is 0 Å². The number of pyridine rings is 1. The van der Waals surface area contributed by atoms with Crippen molar-refractivity contribution in [3.63, 3.8) is 0 Å². The van der Waals surface area contributed by atoms with Crippen molar-refractivity contribution in [2.75, 3.05) is 6.54 Å². The lowest BCUT2D eigenvalue weighted by Gasteiger charge is -2.22. The van der Waals surface area contributed by atoms with Crippen molar-refractivity contribution in [2.24, 2.45) is 0 Å². The van der Waals surface area contributed by atoms with Crippen molar-refractivity contribution in [1.29, 1.82) is 0 Å². The standard InChI is InChI=1S/C24H23ClN4/c25-23-8-6-21(7-9-23)24-22(16-27-28-24)18-29(17-20-10-13-26-14-11-20)15-12-19-4-2-1-3-5-19/h1-11,13-14,16H,12,15,17-18H2,(H,27,28). The quantitative estimate of drug-likeness (QED) is 0.431. The summed E-state index contributed by atoms with van der Waals surface area (Å²) in [5.74, 6) is 0. The van der Waals surface area contributed by atoms with E-state index in [2.05, 4.69) is 62.5 Å². The van der Waals surface area contributed by atoms with Gasteiger partial charge in [0.15, 0.2) is 0 Å². The van der Waals surface area contributed by atoms with Crippen LogP contribution >= 0.6 is 11.6 Å². The molecular weight excluding hydrogens is 380 g/mol. The first-order chi connectivity index (χ1) is 14.3. The van der Waals surface area contributed by atoms with Gasteiger partial charge in [-0.15, -0.1) is 0 Å². The van der Waals surface area contributed by atoms with Crippen LogP contribution in [0.15, 0.2) is 85.3 Å². The van der Waals surface area contributed by atoms with Crippen LogP contribution in [0.25, 0.3) is 11.3 Å². The first-order valence-corrected chi connectivity index (χ1v) is 10.1. The minimum absolute atomic E-state index is 0.733. The highest BCUT2D eigenvalue weighted by Crippen LogP contribution is 2.24. The smallest absolute Gasteiger partial charge is 0.0695 e. The van der Waals surface area contributed by atoms with Gasteiger partial charge in [-0.05, 0) is 47.4 Å². The fourth-order valence-corrected chi connectivity index (χ4v) is 3.56. The molecule has 0 aliphatic heterocycles. The van der Waals surface area contributed by atoms with E-state index in [-0.39, 0.29) is 0 Å². The average Bonchev–Trinajstić information content (AvgIpc) is 3.22. The highest BCUT2D eigenvalue weighted by molar-refractivity contribution is 6.30. The van der Waals surface area contributed by atoms with E-state index in [1.165, 1.54) is 16.7 Å². The normalized spacial score (nSPS) is 11.1. The molecule has 0 atom stereocenters. The molecule has 2 aromatic heterocycles. The zero-order chi connectivity index (χ0) is 19.9. The zero-order valence-electron chi connectivity index (χ0n) is 16.1. The minimum atomic E-state index is 0.733. The molecule has 4 nitrogen and oxygen atoms in total. The number of aromatic nitrogens is 3. The van der Waals surface area contributed by atoms with Gasteiger partial charge in [0.2, 0.25) is 0 Å². The van der Waals surface area contributed by atoms with E-state index in [1.54, 1.807) is 0 Å². The predicted octanol–water partition coefficient (Wildman–Crippen LogP) is 5.37. The number of aromatic amines is 1. The maximum absolute atomic E-state index is 6.05. The number of hydrogen-bond acceptors (Lipinski definition) is 3. The summed E-state index contributed by atoms with van der Waals surface area (Å²) in [6.45, 7) is 2.63. The fraction of sp³-hybridized carbons (Fsp3) is 0.167. The van der Waals surface area contributed by atoms with Crippen molar-refractivity contribution >= 4 is 11.6 Å². The van der Waals surface area contributed by atoms with E-state index in [1.807, 2.05) is 42.9 Å². The summed E-state index contributed by atoms with van der Waals surface area (Å²) in [5.41, 5.74) is 5.91. The Morgan fingerprint density at radius 1 is 0.828 bits per heavy atom. The van der Waals surface area contributed by atoms with Crippen molar-refractivity contribution in [3.8, 4) is 11.3 Å². The van der Waals surface area contributed by atoms with Crippen molar-refractivity contribution in [3.05, 3.63) is 107 Å². The Bertz CT molecular complexity index is 1010. The van der Waals surface area contributed by atoms with Gasteiger partial charge in [-0.25, -0.2) is 0 Å². The van der Waals surface area contributed by atoms with Crippen LogP contribution in [-0.4, -0.2) is 26.6 Å². The van der Waals surface area contributed by atoms with Crippen molar-refractivity contribution < 1.29 is 0 Å². The maximum atomic E-state index is 6.05. The molecule has 0 spiro atoms. The molecule has 0 fully saturated rings. The molecule has 0 saturated heterocycles. The van der Waals surface area contributed by atoms with Crippen LogP contribution in [0.2, 0.25) is 5.02 Å². The molecule has 0 unspecified atom stereocenters. The Hall–Kier alpha value is -2.95. The Labute approximate surface area is 176 Å². The summed E-state index contributed by atoms with van der Waals surface area (Å²) >= 11 is 6.05. The topological polar surface area (TPSA) is 44.8 Å². The SMILES string of the molecule is Clc1ccc(-c2[nH]ncc2CN(CCc2ccccc2)Cc2ccncc2)cc1. The molecule has 146 valence electrons. The van der Waals surface area contributed by atoms with E-state index in [0.717, 1.165) is 42.3 Å². The van der Waals surface area contributed by atoms with Gasteiger partial charge in [0, 0.05) is 42.6 Å². The first kappa shape index (κ1) is 19.4. The van der Waals surface area contributed by atoms with E-state index in [0.29, 0.717) is 0 Å². The van der Waals surface area contributed by atoms with Gasteiger partial charge in [0.05, 0.1) is 11.9 Å². The number of nitrogens with zero attached hydrogens (tertiary/aromatic N) is 3. The van der Waals surface area contributed by atoms with Gasteiger partial charge in [-0.2, -0.15) is 5.10 Å². The summed E-state index contributed by atoms with van der Waals surface area (Å²) in [5, 5.41) is 8.19. The van der Waals surface area contributed by atoms with Crippen molar-refractivity contribution in [1.82, 2.24) is 20.1 Å². The largest absolute Gasteiger partial charge is 0.294 e. The van der Waals surface area contributed by atoms with E-state index in [9.17, 15) is 0 Å². The highest BCUT2D eigenvalue weighted by atomic mass is 35.5. The second-order valence-corrected chi connectivity index (χ2v) is 7.52. The molecule has 4 rings (SSSR count). The van der Waals surface area contributed by atoms with Gasteiger partial charge < -0.3 is 0 Å². The molecule has 0 aliphatic rings. The highest BCUT2D eigenvalue weighted by Gasteiger charge is 2.13. The molecule has 5 heteroatoms. The lowest BCUT2D eigenvalue weighted by molar-refractivity contribution is 0.260. The van der Waals surface area contributed by atoms with Gasteiger partial charge in [-0.1, -0.05) is 54.1 Å². The number of nitrogens with one attached hydrogen (secondary N) is 1. The van der Waals surface area contributed by atoms with E-state index in [4.69, 9.17) is 11.6 Å². The van der Waals surface area contributed by atoms with E-state index >= 15 is 0 Å². The number of H-pyrrole nitrogens is 1. The lowest BCUT2D eigenvalue weighted by atomic mass is 10.1. The molecule has 29 heavy (non-hydrogen) atoms. The number of hydrogen-bond donors (Lipinski definition) is 1. The van der Waals surface area contributed by atoms with Crippen LogP contribution in [-0.2, 0) is 19.5 Å². The number of halogens is 1. The molecule has 4 aromatic rings. The molecule has 2 aromatic carbocycles. The van der Waals surface area contributed by atoms with E-state index < -0.39 is 0 Å². The third kappa shape index (κ3) is 5.31. The van der Waals surface area contributed by atoms with Crippen LogP contribution in [0.5, 0.6) is 0 Å². The summed E-state index contributed by atoms with van der Waals surface area (Å²) in [4.78, 5) is 6.59. The van der Waals surface area contributed by atoms with Crippen LogP contribution in [0, 0.1) is 0 Å². The summed E-state index contributed by atoms with van der Waals surface area (Å²) in [7, 11) is 0. The van der Waals surface area contributed by atoms with Gasteiger partial charge in [0.1, 0.15) is 0 Å². The van der Waals surface area contributed by atoms with Gasteiger partial charge in [-0.3, -0.25) is 15.0 Å². The maximum Gasteiger partial charge on any atom is 0.0695 e. The Morgan fingerprint density at radius 2 is 1.59 bits per heavy atom. The average molecular weight is 403 g/mol. The van der Waals surface area contributed by atoms with Crippen molar-refractivity contribution in [2.45, 2.75) is 19.5 Å². The lowest BCUT2D eigenvalue weighted by Crippen LogP contribution is -2.25. The third-order valence-electron chi connectivity index (χ3n) is 4.96. The number of benzene rings is 2. The minimum Gasteiger partial charge on any atom is -0.294 e. The fourth-order valence-electron chi connectivity index (χ4n) is 3.43. The first-order valence-electron chi connectivity index (χ1n) is 9.71. The number of rotatable bonds is 8. The second-order valence-electron chi connectivity index (χ2n) is 7.08. The van der Waals surface area contributed by atoms with Gasteiger partial charge >= 0.3 is 0 Å². The Balaban J connectivity index is 1.53. The Morgan fingerprint density at radius 3 is 2.34 bits per heavy atom. The molecule has 0 amide bonds. The molecule has 0 radical (unpaired) electrons. The molecular formula is C24H23ClN4. The van der Waals surface area contributed by atoms with Crippen LogP contribution in [0.1, 0.15) is 16.7 Å². The molecule has 0 aliphatic carbocycles. The molecule has 1 N–H and O–H groups in total. The second kappa shape index (κ2) is 9.50. The Kier molecular flexibility index (Phi) is 6.35. The summed E-state index contributed by atoms with van der Waals surface area (Å²) in [6, 6.07) is 22.6. The van der Waals surface area contributed by atoms with Gasteiger partial charge in [0.25, 0.3) is 0 Å². The van der Waals surface area contributed by atoms with Crippen LogP contribution in [0.3, 0.4) is 0 Å². The molecule has 0 bridgehead atoms. The predicted molar refractivity (Wildman–Crippen MR) is 118 cm³/mol. The molecule has 2 heterocycles.